The highest BCUT2D eigenvalue weighted by atomic mass is 31.1. The Labute approximate surface area is 63.0 Å². The molecule has 0 aromatic rings. The summed E-state index contributed by atoms with van der Waals surface area (Å²) in [5, 5.41) is 0. The Morgan fingerprint density at radius 2 is 2.20 bits per heavy atom. The van der Waals surface area contributed by atoms with Crippen LogP contribution in [0.4, 0.5) is 0 Å². The Morgan fingerprint density at radius 1 is 1.60 bits per heavy atom. The number of methoxy groups -OCH3 is 1. The van der Waals surface area contributed by atoms with Crippen molar-refractivity contribution in [2.24, 2.45) is 5.73 Å². The molecule has 0 atom stereocenters. The van der Waals surface area contributed by atoms with Gasteiger partial charge in [0.15, 0.2) is 0 Å². The van der Waals surface area contributed by atoms with Crippen LogP contribution in [-0.4, -0.2) is 26.9 Å². The van der Waals surface area contributed by atoms with E-state index in [1.807, 2.05) is 0 Å². The van der Waals surface area contributed by atoms with E-state index in [0.29, 0.717) is 19.8 Å². The van der Waals surface area contributed by atoms with Crippen LogP contribution in [0.1, 0.15) is 6.92 Å². The Balaban J connectivity index is 0. The van der Waals surface area contributed by atoms with E-state index >= 15 is 0 Å². The van der Waals surface area contributed by atoms with Gasteiger partial charge in [-0.05, 0) is 6.92 Å². The van der Waals surface area contributed by atoms with E-state index in [1.54, 1.807) is 14.0 Å². The van der Waals surface area contributed by atoms with Crippen molar-refractivity contribution in [2.45, 2.75) is 6.92 Å². The van der Waals surface area contributed by atoms with Crippen LogP contribution in [0.2, 0.25) is 0 Å². The van der Waals surface area contributed by atoms with Crippen LogP contribution in [0.5, 0.6) is 0 Å². The van der Waals surface area contributed by atoms with Crippen molar-refractivity contribution in [1.29, 1.82) is 0 Å². The van der Waals surface area contributed by atoms with Crippen LogP contribution in [-0.2, 0) is 13.8 Å². The molecule has 62 valence electrons. The lowest BCUT2D eigenvalue weighted by Crippen LogP contribution is -2.05. The predicted octanol–water partition coefficient (Wildman–Crippen LogP) is 0.821. The summed E-state index contributed by atoms with van der Waals surface area (Å²) in [5.41, 5.74) is 5.01. The van der Waals surface area contributed by atoms with Crippen LogP contribution < -0.4 is 5.73 Å². The second-order valence-electron chi connectivity index (χ2n) is 1.27. The third-order valence-corrected chi connectivity index (χ3v) is 0.867. The summed E-state index contributed by atoms with van der Waals surface area (Å²) in [5.74, 6) is 0. The fourth-order valence-corrected chi connectivity index (χ4v) is 0.276. The van der Waals surface area contributed by atoms with Gasteiger partial charge in [0.05, 0.1) is 13.2 Å². The van der Waals surface area contributed by atoms with Crippen molar-refractivity contribution < 1.29 is 13.8 Å². The first-order valence-corrected chi connectivity index (χ1v) is 3.70. The van der Waals surface area contributed by atoms with Crippen molar-refractivity contribution in [3.8, 4) is 0 Å². The number of nitrogens with two attached hydrogens (primary N) is 1. The SMILES string of the molecule is CCOP=O.COCCN. The number of ether oxygens (including phenoxy) is 1. The molecule has 5 heteroatoms. The maximum Gasteiger partial charge on any atom is 0.327 e. The zero-order valence-corrected chi connectivity index (χ0v) is 7.27. The maximum absolute atomic E-state index is 9.28. The molecule has 0 aromatic carbocycles. The average Bonchev–Trinajstić information content (AvgIpc) is 1.93. The van der Waals surface area contributed by atoms with Crippen LogP contribution in [0.25, 0.3) is 0 Å². The van der Waals surface area contributed by atoms with Gasteiger partial charge in [-0.1, -0.05) is 0 Å². The van der Waals surface area contributed by atoms with Gasteiger partial charge in [0.2, 0.25) is 0 Å². The number of hydrogen-bond donors (Lipinski definition) is 1. The zero-order chi connectivity index (χ0) is 8.24. The van der Waals surface area contributed by atoms with E-state index in [2.05, 4.69) is 9.26 Å². The monoisotopic (exact) mass is 167 g/mol. The summed E-state index contributed by atoms with van der Waals surface area (Å²) in [6.45, 7) is 3.59. The minimum absolute atomic E-state index is 0.220. The summed E-state index contributed by atoms with van der Waals surface area (Å²) in [6.07, 6.45) is 0. The van der Waals surface area contributed by atoms with Gasteiger partial charge in [0, 0.05) is 13.7 Å². The molecule has 0 aromatic heterocycles. The molecule has 0 saturated heterocycles. The standard InChI is InChI=1S/C3H9NO.C2H5O2P/c1-5-3-2-4;1-2-4-5-3/h2-4H2,1H3;2H2,1H3. The molecule has 0 saturated carbocycles. The third kappa shape index (κ3) is 24.5. The van der Waals surface area contributed by atoms with Crippen molar-refractivity contribution in [3.63, 3.8) is 0 Å². The molecule has 0 radical (unpaired) electrons. The molecule has 0 aliphatic heterocycles. The fourth-order valence-electron chi connectivity index (χ4n) is 0.171. The highest BCUT2D eigenvalue weighted by Gasteiger charge is 1.66. The van der Waals surface area contributed by atoms with E-state index in [0.717, 1.165) is 0 Å². The molecule has 10 heavy (non-hydrogen) atoms. The van der Waals surface area contributed by atoms with Crippen molar-refractivity contribution in [1.82, 2.24) is 0 Å². The molecular weight excluding hydrogens is 153 g/mol. The van der Waals surface area contributed by atoms with E-state index < -0.39 is 0 Å². The first kappa shape index (κ1) is 12.6. The smallest absolute Gasteiger partial charge is 0.327 e. The molecule has 0 fully saturated rings. The summed E-state index contributed by atoms with van der Waals surface area (Å²) >= 11 is 0. The van der Waals surface area contributed by atoms with E-state index in [-0.39, 0.29) is 8.69 Å². The summed E-state index contributed by atoms with van der Waals surface area (Å²) in [4.78, 5) is 0. The minimum Gasteiger partial charge on any atom is -0.383 e. The van der Waals surface area contributed by atoms with Gasteiger partial charge in [-0.3, -0.25) is 4.52 Å². The van der Waals surface area contributed by atoms with Gasteiger partial charge in [0.1, 0.15) is 0 Å². The molecule has 0 heterocycles. The summed E-state index contributed by atoms with van der Waals surface area (Å²) in [7, 11) is 1.41. The van der Waals surface area contributed by atoms with Crippen molar-refractivity contribution in [2.75, 3.05) is 26.9 Å². The lowest BCUT2D eigenvalue weighted by molar-refractivity contribution is 0.207. The second kappa shape index (κ2) is 16.0. The number of rotatable bonds is 4. The van der Waals surface area contributed by atoms with Crippen LogP contribution in [0, 0.1) is 0 Å². The Hall–Kier alpha value is -0.0200. The van der Waals surface area contributed by atoms with Crippen molar-refractivity contribution in [3.05, 3.63) is 0 Å². The number of hydrogen-bond acceptors (Lipinski definition) is 4. The zero-order valence-electron chi connectivity index (χ0n) is 6.37. The quantitative estimate of drug-likeness (QED) is 0.629. The molecule has 0 bridgehead atoms. The minimum atomic E-state index is -0.220. The third-order valence-electron chi connectivity index (χ3n) is 0.504. The lowest BCUT2D eigenvalue weighted by Gasteiger charge is -1.85. The predicted molar refractivity (Wildman–Crippen MR) is 40.2 cm³/mol. The van der Waals surface area contributed by atoms with Gasteiger partial charge in [-0.25, -0.2) is 4.57 Å². The summed E-state index contributed by atoms with van der Waals surface area (Å²) < 4.78 is 18.1. The highest BCUT2D eigenvalue weighted by Crippen LogP contribution is 1.89. The van der Waals surface area contributed by atoms with E-state index in [4.69, 9.17) is 5.73 Å². The molecule has 0 rings (SSSR count). The molecule has 0 aliphatic rings. The topological polar surface area (TPSA) is 61.5 Å². The van der Waals surface area contributed by atoms with Crippen LogP contribution in [0.15, 0.2) is 0 Å². The summed E-state index contributed by atoms with van der Waals surface area (Å²) in [6, 6.07) is 0. The molecule has 2 N–H and O–H groups in total. The second-order valence-corrected chi connectivity index (χ2v) is 1.68. The van der Waals surface area contributed by atoms with Crippen molar-refractivity contribution >= 4 is 8.69 Å². The first-order valence-electron chi connectivity index (χ1n) is 2.97. The average molecular weight is 167 g/mol. The van der Waals surface area contributed by atoms with Crippen LogP contribution in [0.3, 0.4) is 0 Å². The fraction of sp³-hybridized carbons (Fsp3) is 1.00. The van der Waals surface area contributed by atoms with E-state index in [9.17, 15) is 4.57 Å². The van der Waals surface area contributed by atoms with Gasteiger partial charge >= 0.3 is 8.69 Å². The lowest BCUT2D eigenvalue weighted by atomic mass is 10.7. The maximum atomic E-state index is 9.28. The Kier molecular flexibility index (Phi) is 20.2. The van der Waals surface area contributed by atoms with Crippen LogP contribution >= 0.6 is 8.69 Å². The normalized spacial score (nSPS) is 8.70. The Bertz CT molecular complexity index is 60.9. The molecule has 0 aliphatic carbocycles. The van der Waals surface area contributed by atoms with Gasteiger partial charge in [0.25, 0.3) is 0 Å². The van der Waals surface area contributed by atoms with Gasteiger partial charge in [-0.2, -0.15) is 0 Å². The Morgan fingerprint density at radius 3 is 2.20 bits per heavy atom. The molecule has 0 amide bonds. The first-order chi connectivity index (χ1) is 4.83. The van der Waals surface area contributed by atoms with E-state index in [1.165, 1.54) is 0 Å². The highest BCUT2D eigenvalue weighted by molar-refractivity contribution is 7.17. The largest absolute Gasteiger partial charge is 0.383 e. The van der Waals surface area contributed by atoms with Gasteiger partial charge < -0.3 is 10.5 Å². The molecule has 4 nitrogen and oxygen atoms in total. The molecule has 0 spiro atoms. The molecular formula is C5H14NO3P. The van der Waals surface area contributed by atoms with Gasteiger partial charge in [-0.15, -0.1) is 0 Å². The molecule has 0 unspecified atom stereocenters.